The largest absolute Gasteiger partial charge is 0.460 e. The van der Waals surface area contributed by atoms with E-state index in [1.54, 1.807) is 17.4 Å². The number of nitrogens with zero attached hydrogens (tertiary/aromatic N) is 2. The fraction of sp³-hybridized carbons (Fsp3) is 0.368. The lowest BCUT2D eigenvalue weighted by Gasteiger charge is -2.26. The Morgan fingerprint density at radius 3 is 2.92 bits per heavy atom. The highest BCUT2D eigenvalue weighted by molar-refractivity contribution is 7.10. The average Bonchev–Trinajstić information content (AvgIpc) is 3.42. The maximum Gasteiger partial charge on any atom is 0.271 e. The highest BCUT2D eigenvalue weighted by Gasteiger charge is 2.25. The maximum atomic E-state index is 12.5. The summed E-state index contributed by atoms with van der Waals surface area (Å²) in [4.78, 5) is 16.3. The number of likely N-dealkylation sites (tertiary alicyclic amines) is 1. The highest BCUT2D eigenvalue weighted by Crippen LogP contribution is 2.28. The number of carbonyl (C=O) groups is 1. The predicted molar refractivity (Wildman–Crippen MR) is 101 cm³/mol. The van der Waals surface area contributed by atoms with Crippen LogP contribution >= 0.6 is 11.3 Å². The van der Waals surface area contributed by atoms with E-state index in [0.29, 0.717) is 23.7 Å². The van der Waals surface area contributed by atoms with Crippen LogP contribution in [0.2, 0.25) is 0 Å². The lowest BCUT2D eigenvalue weighted by atomic mass is 10.2. The van der Waals surface area contributed by atoms with E-state index in [-0.39, 0.29) is 11.9 Å². The molecule has 1 fully saturated rings. The molecule has 0 spiro atoms. The number of aryl methyl sites for hydroxylation is 1. The van der Waals surface area contributed by atoms with Crippen molar-refractivity contribution in [3.05, 3.63) is 52.0 Å². The topological polar surface area (TPSA) is 74.2 Å². The number of H-pyrrole nitrogens is 1. The molecule has 4 heterocycles. The Morgan fingerprint density at radius 2 is 2.23 bits per heavy atom. The molecular formula is C19H22N4O2S. The smallest absolute Gasteiger partial charge is 0.271 e. The zero-order valence-electron chi connectivity index (χ0n) is 14.7. The van der Waals surface area contributed by atoms with Crippen LogP contribution in [0.25, 0.3) is 11.5 Å². The van der Waals surface area contributed by atoms with Gasteiger partial charge in [0.15, 0.2) is 11.5 Å². The minimum absolute atomic E-state index is 0.170. The number of aromatic amines is 1. The Kier molecular flexibility index (Phi) is 4.90. The molecule has 0 saturated carbocycles. The molecule has 6 nitrogen and oxygen atoms in total. The fourth-order valence-electron chi connectivity index (χ4n) is 3.37. The summed E-state index contributed by atoms with van der Waals surface area (Å²) in [6, 6.07) is 9.92. The molecule has 0 aromatic carbocycles. The second kappa shape index (κ2) is 7.47. The summed E-state index contributed by atoms with van der Waals surface area (Å²) in [6.45, 7) is 4.64. The first-order valence-corrected chi connectivity index (χ1v) is 9.76. The minimum Gasteiger partial charge on any atom is -0.460 e. The summed E-state index contributed by atoms with van der Waals surface area (Å²) >= 11 is 1.74. The molecule has 1 unspecified atom stereocenters. The normalized spacial score (nSPS) is 16.0. The third-order valence-corrected chi connectivity index (χ3v) is 5.70. The van der Waals surface area contributed by atoms with Crippen LogP contribution < -0.4 is 5.32 Å². The Morgan fingerprint density at radius 1 is 1.38 bits per heavy atom. The average molecular weight is 370 g/mol. The SMILES string of the molecule is Cc1ccc(-c2cc(C(=O)NCC(c3cccs3)N3CCCC3)n[nH]2)o1. The van der Waals surface area contributed by atoms with Crippen LogP contribution in [0.1, 0.15) is 40.0 Å². The van der Waals surface area contributed by atoms with Crippen molar-refractivity contribution < 1.29 is 9.21 Å². The van der Waals surface area contributed by atoms with Crippen LogP contribution in [0.5, 0.6) is 0 Å². The number of amides is 1. The van der Waals surface area contributed by atoms with Crippen LogP contribution in [-0.2, 0) is 0 Å². The van der Waals surface area contributed by atoms with Crippen molar-refractivity contribution >= 4 is 17.2 Å². The van der Waals surface area contributed by atoms with Gasteiger partial charge in [0, 0.05) is 17.5 Å². The van der Waals surface area contributed by atoms with Gasteiger partial charge in [-0.2, -0.15) is 5.10 Å². The van der Waals surface area contributed by atoms with Gasteiger partial charge in [0.05, 0.1) is 6.04 Å². The van der Waals surface area contributed by atoms with Gasteiger partial charge < -0.3 is 9.73 Å². The number of furan rings is 1. The molecule has 2 N–H and O–H groups in total. The van der Waals surface area contributed by atoms with E-state index in [0.717, 1.165) is 18.8 Å². The second-order valence-corrected chi connectivity index (χ2v) is 7.54. The standard InChI is InChI=1S/C19H22N4O2S/c1-13-6-7-17(25-13)14-11-15(22-21-14)19(24)20-12-16(18-5-4-10-26-18)23-8-2-3-9-23/h4-7,10-11,16H,2-3,8-9,12H2,1H3,(H,20,24)(H,21,22). The number of carbonyl (C=O) groups excluding carboxylic acids is 1. The number of hydrogen-bond donors (Lipinski definition) is 2. The zero-order chi connectivity index (χ0) is 17.9. The summed E-state index contributed by atoms with van der Waals surface area (Å²) in [6.07, 6.45) is 2.45. The van der Waals surface area contributed by atoms with Crippen LogP contribution in [0.15, 0.2) is 40.1 Å². The van der Waals surface area contributed by atoms with Gasteiger partial charge in [-0.25, -0.2) is 0 Å². The third-order valence-electron chi connectivity index (χ3n) is 4.73. The summed E-state index contributed by atoms with van der Waals surface area (Å²) < 4.78 is 5.57. The van der Waals surface area contributed by atoms with E-state index in [9.17, 15) is 4.79 Å². The molecule has 3 aromatic heterocycles. The minimum atomic E-state index is -0.170. The molecule has 0 aliphatic carbocycles. The van der Waals surface area contributed by atoms with Gasteiger partial charge in [-0.3, -0.25) is 14.8 Å². The van der Waals surface area contributed by atoms with Crippen molar-refractivity contribution in [2.75, 3.05) is 19.6 Å². The summed E-state index contributed by atoms with van der Waals surface area (Å²) in [5.74, 6) is 1.34. The molecule has 1 atom stereocenters. The van der Waals surface area contributed by atoms with Crippen molar-refractivity contribution in [1.29, 1.82) is 0 Å². The lowest BCUT2D eigenvalue weighted by molar-refractivity contribution is 0.0933. The van der Waals surface area contributed by atoms with Gasteiger partial charge >= 0.3 is 0 Å². The molecule has 7 heteroatoms. The maximum absolute atomic E-state index is 12.5. The molecule has 0 radical (unpaired) electrons. The predicted octanol–water partition coefficient (Wildman–Crippen LogP) is 3.61. The van der Waals surface area contributed by atoms with Crippen LogP contribution in [0.4, 0.5) is 0 Å². The molecule has 26 heavy (non-hydrogen) atoms. The summed E-state index contributed by atoms with van der Waals surface area (Å²) in [5.41, 5.74) is 1.08. The molecule has 3 aromatic rings. The van der Waals surface area contributed by atoms with E-state index in [1.807, 2.05) is 19.1 Å². The number of aromatic nitrogens is 2. The Labute approximate surface area is 156 Å². The molecule has 1 saturated heterocycles. The second-order valence-electron chi connectivity index (χ2n) is 6.56. The molecule has 4 rings (SSSR count). The summed E-state index contributed by atoms with van der Waals surface area (Å²) in [5, 5.41) is 12.1. The van der Waals surface area contributed by atoms with Gasteiger partial charge in [-0.05, 0) is 56.4 Å². The van der Waals surface area contributed by atoms with Crippen molar-refractivity contribution in [2.45, 2.75) is 25.8 Å². The quantitative estimate of drug-likeness (QED) is 0.695. The molecule has 1 aliphatic rings. The summed E-state index contributed by atoms with van der Waals surface area (Å²) in [7, 11) is 0. The lowest BCUT2D eigenvalue weighted by Crippen LogP contribution is -2.36. The van der Waals surface area contributed by atoms with E-state index < -0.39 is 0 Å². The van der Waals surface area contributed by atoms with Crippen molar-refractivity contribution in [3.63, 3.8) is 0 Å². The van der Waals surface area contributed by atoms with Gasteiger partial charge in [0.25, 0.3) is 5.91 Å². The van der Waals surface area contributed by atoms with E-state index in [4.69, 9.17) is 4.42 Å². The Hall–Kier alpha value is -2.38. The van der Waals surface area contributed by atoms with E-state index in [2.05, 4.69) is 37.9 Å². The van der Waals surface area contributed by atoms with Crippen molar-refractivity contribution in [2.24, 2.45) is 0 Å². The van der Waals surface area contributed by atoms with Gasteiger partial charge in [0.2, 0.25) is 0 Å². The Bertz CT molecular complexity index is 862. The first-order valence-electron chi connectivity index (χ1n) is 8.88. The molecule has 1 aliphatic heterocycles. The van der Waals surface area contributed by atoms with Crippen LogP contribution in [-0.4, -0.2) is 40.6 Å². The number of rotatable bonds is 6. The number of hydrogen-bond acceptors (Lipinski definition) is 5. The number of thiophene rings is 1. The van der Waals surface area contributed by atoms with Crippen molar-refractivity contribution in [3.8, 4) is 11.5 Å². The third kappa shape index (κ3) is 3.59. The highest BCUT2D eigenvalue weighted by atomic mass is 32.1. The monoisotopic (exact) mass is 370 g/mol. The van der Waals surface area contributed by atoms with E-state index in [1.165, 1.54) is 17.7 Å². The van der Waals surface area contributed by atoms with Gasteiger partial charge in [0.1, 0.15) is 11.5 Å². The first kappa shape index (κ1) is 17.1. The van der Waals surface area contributed by atoms with Crippen molar-refractivity contribution in [1.82, 2.24) is 20.4 Å². The van der Waals surface area contributed by atoms with Crippen LogP contribution in [0, 0.1) is 6.92 Å². The van der Waals surface area contributed by atoms with E-state index >= 15 is 0 Å². The van der Waals surface area contributed by atoms with Crippen LogP contribution in [0.3, 0.4) is 0 Å². The molecular weight excluding hydrogens is 348 g/mol. The molecule has 0 bridgehead atoms. The molecule has 136 valence electrons. The first-order chi connectivity index (χ1) is 12.7. The van der Waals surface area contributed by atoms with Gasteiger partial charge in [-0.15, -0.1) is 11.3 Å². The fourth-order valence-corrected chi connectivity index (χ4v) is 4.23. The Balaban J connectivity index is 1.43. The number of nitrogens with one attached hydrogen (secondary N) is 2. The van der Waals surface area contributed by atoms with Gasteiger partial charge in [-0.1, -0.05) is 6.07 Å². The molecule has 1 amide bonds. The zero-order valence-corrected chi connectivity index (χ0v) is 15.5.